The lowest BCUT2D eigenvalue weighted by atomic mass is 10.1. The second kappa shape index (κ2) is 8.39. The van der Waals surface area contributed by atoms with Crippen LogP contribution in [0.15, 0.2) is 24.3 Å². The third-order valence-corrected chi connectivity index (χ3v) is 2.60. The molecule has 0 heterocycles. The van der Waals surface area contributed by atoms with Gasteiger partial charge in [0.1, 0.15) is 5.75 Å². The SMILES string of the molecule is CC(C)[C@H](N)C(=O)NCC(=O)Nc1ccc(O)cc1.Cl. The van der Waals surface area contributed by atoms with E-state index in [1.165, 1.54) is 12.1 Å². The summed E-state index contributed by atoms with van der Waals surface area (Å²) in [4.78, 5) is 23.1. The van der Waals surface area contributed by atoms with Gasteiger partial charge in [0.15, 0.2) is 0 Å². The molecule has 1 atom stereocenters. The average Bonchev–Trinajstić information content (AvgIpc) is 2.37. The van der Waals surface area contributed by atoms with Crippen LogP contribution in [0.25, 0.3) is 0 Å². The molecule has 0 aliphatic carbocycles. The molecule has 112 valence electrons. The lowest BCUT2D eigenvalue weighted by Crippen LogP contribution is -2.46. The summed E-state index contributed by atoms with van der Waals surface area (Å²) in [6.45, 7) is 3.53. The van der Waals surface area contributed by atoms with Crippen molar-refractivity contribution in [3.63, 3.8) is 0 Å². The fraction of sp³-hybridized carbons (Fsp3) is 0.385. The first kappa shape index (κ1) is 18.2. The molecule has 0 aliphatic rings. The number of anilines is 1. The van der Waals surface area contributed by atoms with E-state index in [0.717, 1.165) is 0 Å². The Hall–Kier alpha value is -1.79. The molecule has 1 aromatic carbocycles. The maximum Gasteiger partial charge on any atom is 0.243 e. The highest BCUT2D eigenvalue weighted by molar-refractivity contribution is 5.95. The molecule has 7 heteroatoms. The lowest BCUT2D eigenvalue weighted by Gasteiger charge is -2.15. The van der Waals surface area contributed by atoms with Crippen molar-refractivity contribution >= 4 is 29.9 Å². The Kier molecular flexibility index (Phi) is 7.64. The van der Waals surface area contributed by atoms with Crippen LogP contribution in [-0.2, 0) is 9.59 Å². The number of halogens is 1. The second-order valence-electron chi connectivity index (χ2n) is 4.58. The van der Waals surface area contributed by atoms with Crippen LogP contribution in [0.4, 0.5) is 5.69 Å². The molecule has 0 saturated heterocycles. The molecule has 0 spiro atoms. The number of benzene rings is 1. The van der Waals surface area contributed by atoms with Crippen LogP contribution in [0.1, 0.15) is 13.8 Å². The van der Waals surface area contributed by atoms with Gasteiger partial charge in [0.25, 0.3) is 0 Å². The fourth-order valence-corrected chi connectivity index (χ4v) is 1.34. The predicted octanol–water partition coefficient (Wildman–Crippen LogP) is 0.852. The number of carbonyl (C=O) groups excluding carboxylic acids is 2. The summed E-state index contributed by atoms with van der Waals surface area (Å²) in [5.74, 6) is -0.569. The van der Waals surface area contributed by atoms with Gasteiger partial charge in [-0.15, -0.1) is 12.4 Å². The first-order chi connectivity index (χ1) is 8.90. The highest BCUT2D eigenvalue weighted by Crippen LogP contribution is 2.13. The van der Waals surface area contributed by atoms with E-state index in [4.69, 9.17) is 10.8 Å². The Morgan fingerprint density at radius 1 is 1.25 bits per heavy atom. The standard InChI is InChI=1S/C13H19N3O3.ClH/c1-8(2)12(14)13(19)15-7-11(18)16-9-3-5-10(17)6-4-9;/h3-6,8,12,17H,7,14H2,1-2H3,(H,15,19)(H,16,18);1H/t12-;/m0./s1. The van der Waals surface area contributed by atoms with Gasteiger partial charge in [0.05, 0.1) is 12.6 Å². The zero-order chi connectivity index (χ0) is 14.4. The number of nitrogens with two attached hydrogens (primary N) is 1. The van der Waals surface area contributed by atoms with Crippen molar-refractivity contribution in [3.8, 4) is 5.75 Å². The third kappa shape index (κ3) is 5.90. The molecule has 2 amide bonds. The minimum absolute atomic E-state index is 0. The van der Waals surface area contributed by atoms with Crippen LogP contribution in [0.3, 0.4) is 0 Å². The molecule has 0 bridgehead atoms. The topological polar surface area (TPSA) is 104 Å². The summed E-state index contributed by atoms with van der Waals surface area (Å²) in [6, 6.07) is 5.43. The average molecular weight is 302 g/mol. The number of amides is 2. The van der Waals surface area contributed by atoms with E-state index in [9.17, 15) is 9.59 Å². The van der Waals surface area contributed by atoms with Crippen molar-refractivity contribution in [2.24, 2.45) is 11.7 Å². The van der Waals surface area contributed by atoms with E-state index in [2.05, 4.69) is 10.6 Å². The molecule has 0 aliphatic heterocycles. The monoisotopic (exact) mass is 301 g/mol. The number of hydrogen-bond acceptors (Lipinski definition) is 4. The normalized spacial score (nSPS) is 11.4. The molecular weight excluding hydrogens is 282 g/mol. The molecule has 0 saturated carbocycles. The molecule has 0 unspecified atom stereocenters. The number of hydrogen-bond donors (Lipinski definition) is 4. The predicted molar refractivity (Wildman–Crippen MR) is 79.8 cm³/mol. The van der Waals surface area contributed by atoms with Crippen molar-refractivity contribution < 1.29 is 14.7 Å². The molecule has 6 nitrogen and oxygen atoms in total. The quantitative estimate of drug-likeness (QED) is 0.605. The van der Waals surface area contributed by atoms with Gasteiger partial charge < -0.3 is 21.5 Å². The molecule has 1 aromatic rings. The van der Waals surface area contributed by atoms with Crippen molar-refractivity contribution in [2.75, 3.05) is 11.9 Å². The van der Waals surface area contributed by atoms with E-state index < -0.39 is 6.04 Å². The van der Waals surface area contributed by atoms with Crippen molar-refractivity contribution in [2.45, 2.75) is 19.9 Å². The highest BCUT2D eigenvalue weighted by Gasteiger charge is 2.17. The summed E-state index contributed by atoms with van der Waals surface area (Å²) < 4.78 is 0. The molecule has 20 heavy (non-hydrogen) atoms. The Morgan fingerprint density at radius 3 is 2.30 bits per heavy atom. The highest BCUT2D eigenvalue weighted by atomic mass is 35.5. The van der Waals surface area contributed by atoms with Gasteiger partial charge in [0, 0.05) is 5.69 Å². The Labute approximate surface area is 124 Å². The van der Waals surface area contributed by atoms with Crippen molar-refractivity contribution in [1.29, 1.82) is 0 Å². The molecule has 0 radical (unpaired) electrons. The van der Waals surface area contributed by atoms with E-state index >= 15 is 0 Å². The first-order valence-electron chi connectivity index (χ1n) is 6.02. The van der Waals surface area contributed by atoms with Gasteiger partial charge in [-0.1, -0.05) is 13.8 Å². The Balaban J connectivity index is 0.00000361. The number of nitrogens with one attached hydrogen (secondary N) is 2. The van der Waals surface area contributed by atoms with Gasteiger partial charge in [0.2, 0.25) is 11.8 Å². The van der Waals surface area contributed by atoms with Gasteiger partial charge in [-0.2, -0.15) is 0 Å². The minimum Gasteiger partial charge on any atom is -0.508 e. The third-order valence-electron chi connectivity index (χ3n) is 2.60. The molecule has 0 aromatic heterocycles. The van der Waals surface area contributed by atoms with Crippen LogP contribution in [0, 0.1) is 5.92 Å². The van der Waals surface area contributed by atoms with E-state index in [0.29, 0.717) is 5.69 Å². The number of rotatable bonds is 5. The van der Waals surface area contributed by atoms with Gasteiger partial charge in [-0.25, -0.2) is 0 Å². The van der Waals surface area contributed by atoms with Crippen LogP contribution in [-0.4, -0.2) is 29.5 Å². The van der Waals surface area contributed by atoms with E-state index in [-0.39, 0.29) is 42.4 Å². The lowest BCUT2D eigenvalue weighted by molar-refractivity contribution is -0.125. The minimum atomic E-state index is -0.624. The van der Waals surface area contributed by atoms with Crippen LogP contribution in [0.5, 0.6) is 5.75 Å². The maximum atomic E-state index is 11.6. The Morgan fingerprint density at radius 2 is 1.80 bits per heavy atom. The van der Waals surface area contributed by atoms with Gasteiger partial charge in [-0.3, -0.25) is 9.59 Å². The largest absolute Gasteiger partial charge is 0.508 e. The van der Waals surface area contributed by atoms with Gasteiger partial charge in [-0.05, 0) is 30.2 Å². The van der Waals surface area contributed by atoms with Crippen LogP contribution < -0.4 is 16.4 Å². The zero-order valence-electron chi connectivity index (χ0n) is 11.4. The summed E-state index contributed by atoms with van der Waals surface area (Å²) in [7, 11) is 0. The molecule has 5 N–H and O–H groups in total. The summed E-state index contributed by atoms with van der Waals surface area (Å²) in [5.41, 5.74) is 6.19. The van der Waals surface area contributed by atoms with E-state index in [1.54, 1.807) is 12.1 Å². The zero-order valence-corrected chi connectivity index (χ0v) is 12.2. The maximum absolute atomic E-state index is 11.6. The number of aromatic hydroxyl groups is 1. The Bertz CT molecular complexity index is 449. The van der Waals surface area contributed by atoms with Crippen LogP contribution >= 0.6 is 12.4 Å². The van der Waals surface area contributed by atoms with Crippen molar-refractivity contribution in [1.82, 2.24) is 5.32 Å². The number of carbonyl (C=O) groups is 2. The first-order valence-corrected chi connectivity index (χ1v) is 6.02. The fourth-order valence-electron chi connectivity index (χ4n) is 1.34. The summed E-state index contributed by atoms with van der Waals surface area (Å²) in [5, 5.41) is 14.2. The second-order valence-corrected chi connectivity index (χ2v) is 4.58. The van der Waals surface area contributed by atoms with Crippen LogP contribution in [0.2, 0.25) is 0 Å². The number of phenolic OH excluding ortho intramolecular Hbond substituents is 1. The molecule has 1 rings (SSSR count). The number of phenols is 1. The van der Waals surface area contributed by atoms with E-state index in [1.807, 2.05) is 13.8 Å². The molecule has 0 fully saturated rings. The summed E-state index contributed by atoms with van der Waals surface area (Å²) in [6.07, 6.45) is 0. The smallest absolute Gasteiger partial charge is 0.243 e. The van der Waals surface area contributed by atoms with Crippen molar-refractivity contribution in [3.05, 3.63) is 24.3 Å². The van der Waals surface area contributed by atoms with Gasteiger partial charge >= 0.3 is 0 Å². The summed E-state index contributed by atoms with van der Waals surface area (Å²) >= 11 is 0. The molecular formula is C13H20ClN3O3.